The monoisotopic (exact) mass is 273 g/mol. The highest BCUT2D eigenvalue weighted by molar-refractivity contribution is 7.89. The summed E-state index contributed by atoms with van der Waals surface area (Å²) in [4.78, 5) is 10.4. The number of hydrogen-bond acceptors (Lipinski definition) is 3. The first-order valence-electron chi connectivity index (χ1n) is 4.90. The zero-order chi connectivity index (χ0) is 13.9. The van der Waals surface area contributed by atoms with Gasteiger partial charge in [0.2, 0.25) is 10.0 Å². The molecule has 0 radical (unpaired) electrons. The molecule has 7 heteroatoms. The van der Waals surface area contributed by atoms with Gasteiger partial charge in [-0.15, -0.1) is 6.58 Å². The molecule has 1 rings (SSSR count). The van der Waals surface area contributed by atoms with E-state index in [2.05, 4.69) is 6.58 Å². The number of carbonyl (C=O) groups is 1. The minimum absolute atomic E-state index is 0.00208. The Labute approximate surface area is 104 Å². The van der Waals surface area contributed by atoms with Crippen LogP contribution in [0.2, 0.25) is 0 Å². The highest BCUT2D eigenvalue weighted by Crippen LogP contribution is 2.20. The van der Waals surface area contributed by atoms with Gasteiger partial charge in [-0.25, -0.2) is 17.6 Å². The van der Waals surface area contributed by atoms with Gasteiger partial charge in [-0.2, -0.15) is 4.31 Å². The smallest absolute Gasteiger partial charge is 0.337 e. The summed E-state index contributed by atoms with van der Waals surface area (Å²) in [7, 11) is -2.80. The minimum atomic E-state index is -4.06. The third-order valence-corrected chi connectivity index (χ3v) is 4.11. The van der Waals surface area contributed by atoms with Crippen molar-refractivity contribution in [2.24, 2.45) is 0 Å². The molecule has 0 spiro atoms. The van der Waals surface area contributed by atoms with Gasteiger partial charge >= 0.3 is 5.97 Å². The lowest BCUT2D eigenvalue weighted by Crippen LogP contribution is -2.28. The van der Waals surface area contributed by atoms with Crippen LogP contribution in [0, 0.1) is 5.82 Å². The van der Waals surface area contributed by atoms with Crippen LogP contribution in [0.4, 0.5) is 4.39 Å². The van der Waals surface area contributed by atoms with Gasteiger partial charge in [0, 0.05) is 13.6 Å². The summed E-state index contributed by atoms with van der Waals surface area (Å²) in [6.45, 7) is 3.38. The number of likely N-dealkylation sites (N-methyl/N-ethyl adjacent to an activating group) is 1. The van der Waals surface area contributed by atoms with E-state index in [9.17, 15) is 17.6 Å². The largest absolute Gasteiger partial charge is 0.478 e. The molecule has 5 nitrogen and oxygen atoms in total. The molecule has 1 aromatic carbocycles. The maximum absolute atomic E-state index is 13.1. The molecular weight excluding hydrogens is 261 g/mol. The van der Waals surface area contributed by atoms with Crippen molar-refractivity contribution in [1.29, 1.82) is 0 Å². The van der Waals surface area contributed by atoms with Crippen LogP contribution in [0.3, 0.4) is 0 Å². The molecule has 18 heavy (non-hydrogen) atoms. The number of nitrogens with zero attached hydrogens (tertiary/aromatic N) is 1. The Balaban J connectivity index is 3.43. The number of hydrogen-bond donors (Lipinski definition) is 1. The first kappa shape index (κ1) is 14.3. The molecule has 0 aliphatic carbocycles. The second-order valence-corrected chi connectivity index (χ2v) is 5.53. The summed E-state index contributed by atoms with van der Waals surface area (Å²) in [5.41, 5.74) is -0.465. The standard InChI is InChI=1S/C11H12FNO4S/c1-3-6-13(2)18(16,17)10-7-8(12)4-5-9(10)11(14)15/h3-5,7H,1,6H2,2H3,(H,14,15). The van der Waals surface area contributed by atoms with E-state index in [-0.39, 0.29) is 6.54 Å². The Morgan fingerprint density at radius 2 is 2.17 bits per heavy atom. The minimum Gasteiger partial charge on any atom is -0.478 e. The lowest BCUT2D eigenvalue weighted by Gasteiger charge is -2.16. The zero-order valence-corrected chi connectivity index (χ0v) is 10.4. The Morgan fingerprint density at radius 1 is 1.56 bits per heavy atom. The fraction of sp³-hybridized carbons (Fsp3) is 0.182. The number of halogens is 1. The van der Waals surface area contributed by atoms with Crippen molar-refractivity contribution in [3.8, 4) is 0 Å². The predicted octanol–water partition coefficient (Wildman–Crippen LogP) is 1.33. The van der Waals surface area contributed by atoms with E-state index in [0.29, 0.717) is 6.07 Å². The number of carboxylic acids is 1. The number of carboxylic acid groups (broad SMARTS) is 1. The Bertz CT molecular complexity index is 583. The van der Waals surface area contributed by atoms with E-state index in [1.165, 1.54) is 13.1 Å². The first-order chi connectivity index (χ1) is 8.30. The molecule has 0 atom stereocenters. The topological polar surface area (TPSA) is 74.7 Å². The summed E-state index contributed by atoms with van der Waals surface area (Å²) in [6, 6.07) is 2.51. The normalized spacial score (nSPS) is 11.5. The van der Waals surface area contributed by atoms with Crippen molar-refractivity contribution in [3.05, 3.63) is 42.2 Å². The molecule has 0 fully saturated rings. The van der Waals surface area contributed by atoms with Gasteiger partial charge in [0.05, 0.1) is 10.5 Å². The molecule has 1 N–H and O–H groups in total. The zero-order valence-electron chi connectivity index (χ0n) is 9.63. The van der Waals surface area contributed by atoms with Gasteiger partial charge in [-0.05, 0) is 18.2 Å². The van der Waals surface area contributed by atoms with Crippen molar-refractivity contribution >= 4 is 16.0 Å². The highest BCUT2D eigenvalue weighted by atomic mass is 32.2. The summed E-state index contributed by atoms with van der Waals surface area (Å²) >= 11 is 0. The van der Waals surface area contributed by atoms with Gasteiger partial charge in [0.25, 0.3) is 0 Å². The number of benzene rings is 1. The van der Waals surface area contributed by atoms with Gasteiger partial charge in [0.1, 0.15) is 5.82 Å². The molecule has 0 bridgehead atoms. The molecule has 0 aromatic heterocycles. The third kappa shape index (κ3) is 2.74. The molecule has 0 saturated carbocycles. The number of sulfonamides is 1. The fourth-order valence-corrected chi connectivity index (χ4v) is 2.67. The Hall–Kier alpha value is -1.73. The van der Waals surface area contributed by atoms with Crippen molar-refractivity contribution in [3.63, 3.8) is 0 Å². The van der Waals surface area contributed by atoms with Gasteiger partial charge in [-0.1, -0.05) is 6.08 Å². The highest BCUT2D eigenvalue weighted by Gasteiger charge is 2.26. The second kappa shape index (κ2) is 5.28. The van der Waals surface area contributed by atoms with Crippen LogP contribution in [0.25, 0.3) is 0 Å². The van der Waals surface area contributed by atoms with Crippen LogP contribution in [-0.4, -0.2) is 37.4 Å². The second-order valence-electron chi connectivity index (χ2n) is 3.52. The maximum Gasteiger partial charge on any atom is 0.337 e. The lowest BCUT2D eigenvalue weighted by atomic mass is 10.2. The van der Waals surface area contributed by atoms with Gasteiger partial charge in [-0.3, -0.25) is 0 Å². The number of aromatic carboxylic acids is 1. The summed E-state index contributed by atoms with van der Waals surface area (Å²) in [6.07, 6.45) is 1.34. The molecule has 0 aliphatic heterocycles. The third-order valence-electron chi connectivity index (χ3n) is 2.25. The van der Waals surface area contributed by atoms with Crippen LogP contribution in [0.1, 0.15) is 10.4 Å². The molecule has 0 saturated heterocycles. The van der Waals surface area contributed by atoms with E-state index >= 15 is 0 Å². The molecule has 0 heterocycles. The molecule has 1 aromatic rings. The van der Waals surface area contributed by atoms with Crippen LogP contribution >= 0.6 is 0 Å². The molecular formula is C11H12FNO4S. The SMILES string of the molecule is C=CCN(C)S(=O)(=O)c1cc(F)ccc1C(=O)O. The van der Waals surface area contributed by atoms with Crippen LogP contribution < -0.4 is 0 Å². The van der Waals surface area contributed by atoms with E-state index in [4.69, 9.17) is 5.11 Å². The number of rotatable bonds is 5. The first-order valence-corrected chi connectivity index (χ1v) is 6.34. The van der Waals surface area contributed by atoms with Crippen molar-refractivity contribution in [1.82, 2.24) is 4.31 Å². The lowest BCUT2D eigenvalue weighted by molar-refractivity contribution is 0.0692. The van der Waals surface area contributed by atoms with Crippen molar-refractivity contribution in [2.75, 3.05) is 13.6 Å². The van der Waals surface area contributed by atoms with Crippen molar-refractivity contribution < 1.29 is 22.7 Å². The van der Waals surface area contributed by atoms with E-state index in [0.717, 1.165) is 16.4 Å². The fourth-order valence-electron chi connectivity index (χ4n) is 1.33. The molecule has 0 amide bonds. The quantitative estimate of drug-likeness (QED) is 0.821. The van der Waals surface area contributed by atoms with Crippen LogP contribution in [0.5, 0.6) is 0 Å². The summed E-state index contributed by atoms with van der Waals surface area (Å²) < 4.78 is 38.1. The average molecular weight is 273 g/mol. The van der Waals surface area contributed by atoms with E-state index < -0.39 is 32.3 Å². The maximum atomic E-state index is 13.1. The Kier molecular flexibility index (Phi) is 4.20. The molecule has 98 valence electrons. The average Bonchev–Trinajstić information content (AvgIpc) is 2.28. The molecule has 0 unspecified atom stereocenters. The van der Waals surface area contributed by atoms with Crippen LogP contribution in [-0.2, 0) is 10.0 Å². The Morgan fingerprint density at radius 3 is 2.67 bits per heavy atom. The summed E-state index contributed by atoms with van der Waals surface area (Å²) in [5.74, 6) is -2.24. The van der Waals surface area contributed by atoms with Gasteiger partial charge < -0.3 is 5.11 Å². The van der Waals surface area contributed by atoms with Gasteiger partial charge in [0.15, 0.2) is 0 Å². The summed E-state index contributed by atoms with van der Waals surface area (Å²) in [5, 5.41) is 8.91. The van der Waals surface area contributed by atoms with Crippen LogP contribution in [0.15, 0.2) is 35.7 Å². The van der Waals surface area contributed by atoms with Crippen molar-refractivity contribution in [2.45, 2.75) is 4.90 Å². The predicted molar refractivity (Wildman–Crippen MR) is 63.4 cm³/mol. The van der Waals surface area contributed by atoms with E-state index in [1.807, 2.05) is 0 Å². The van der Waals surface area contributed by atoms with E-state index in [1.54, 1.807) is 0 Å². The molecule has 0 aliphatic rings.